The highest BCUT2D eigenvalue weighted by Crippen LogP contribution is 2.17. The number of rotatable bonds is 2. The number of benzene rings is 2. The Morgan fingerprint density at radius 2 is 1.45 bits per heavy atom. The van der Waals surface area contributed by atoms with E-state index >= 15 is 0 Å². The van der Waals surface area contributed by atoms with Gasteiger partial charge in [-0.3, -0.25) is 0 Å². The van der Waals surface area contributed by atoms with Crippen molar-refractivity contribution in [1.29, 1.82) is 0 Å². The van der Waals surface area contributed by atoms with E-state index < -0.39 is 23.5 Å². The van der Waals surface area contributed by atoms with E-state index in [2.05, 4.69) is 10.6 Å². The third-order valence-electron chi connectivity index (χ3n) is 2.55. The van der Waals surface area contributed by atoms with Gasteiger partial charge in [-0.25, -0.2) is 18.0 Å². The maximum Gasteiger partial charge on any atom is 0.323 e. The fraction of sp³-hybridized carbons (Fsp3) is 0.0714. The summed E-state index contributed by atoms with van der Waals surface area (Å²) in [5.41, 5.74) is 0.477. The summed E-state index contributed by atoms with van der Waals surface area (Å²) in [6, 6.07) is 6.18. The van der Waals surface area contributed by atoms with Gasteiger partial charge in [-0.1, -0.05) is 6.07 Å². The molecule has 6 heteroatoms. The molecule has 0 radical (unpaired) electrons. The van der Waals surface area contributed by atoms with Crippen LogP contribution in [0.3, 0.4) is 0 Å². The van der Waals surface area contributed by atoms with Crippen molar-refractivity contribution in [1.82, 2.24) is 0 Å². The van der Waals surface area contributed by atoms with Crippen LogP contribution < -0.4 is 10.6 Å². The molecule has 0 atom stereocenters. The second-order valence-electron chi connectivity index (χ2n) is 4.19. The van der Waals surface area contributed by atoms with Gasteiger partial charge >= 0.3 is 6.03 Å². The Morgan fingerprint density at radius 3 is 2.00 bits per heavy atom. The normalized spacial score (nSPS) is 10.2. The van der Waals surface area contributed by atoms with E-state index in [9.17, 15) is 18.0 Å². The topological polar surface area (TPSA) is 41.1 Å². The number of halogens is 3. The number of amides is 2. The van der Waals surface area contributed by atoms with Crippen molar-refractivity contribution >= 4 is 17.4 Å². The lowest BCUT2D eigenvalue weighted by Crippen LogP contribution is -2.20. The number of carbonyl (C=O) groups excluding carboxylic acids is 1. The van der Waals surface area contributed by atoms with Crippen LogP contribution in [0.1, 0.15) is 5.56 Å². The van der Waals surface area contributed by atoms with E-state index in [1.54, 1.807) is 13.0 Å². The number of carbonyl (C=O) groups is 1. The van der Waals surface area contributed by atoms with Gasteiger partial charge < -0.3 is 10.6 Å². The lowest BCUT2D eigenvalue weighted by atomic mass is 10.2. The van der Waals surface area contributed by atoms with Crippen LogP contribution in [0.15, 0.2) is 36.4 Å². The largest absolute Gasteiger partial charge is 0.323 e. The summed E-state index contributed by atoms with van der Waals surface area (Å²) in [6.07, 6.45) is 0. The smallest absolute Gasteiger partial charge is 0.305 e. The third kappa shape index (κ3) is 3.28. The zero-order valence-corrected chi connectivity index (χ0v) is 10.5. The molecule has 3 nitrogen and oxygen atoms in total. The molecule has 20 heavy (non-hydrogen) atoms. The van der Waals surface area contributed by atoms with Gasteiger partial charge in [0.1, 0.15) is 17.5 Å². The third-order valence-corrected chi connectivity index (χ3v) is 2.55. The van der Waals surface area contributed by atoms with Crippen molar-refractivity contribution in [2.24, 2.45) is 0 Å². The number of nitrogens with one attached hydrogen (secondary N) is 2. The van der Waals surface area contributed by atoms with Crippen molar-refractivity contribution in [3.8, 4) is 0 Å². The minimum absolute atomic E-state index is 0.0318. The maximum absolute atomic E-state index is 13.5. The summed E-state index contributed by atoms with van der Waals surface area (Å²) >= 11 is 0. The SMILES string of the molecule is Cc1ccc(NC(=O)Nc2ccc(F)cc2F)c(F)c1. The molecule has 0 aliphatic carbocycles. The van der Waals surface area contributed by atoms with Gasteiger partial charge in [0.15, 0.2) is 0 Å². The second kappa shape index (κ2) is 5.64. The monoisotopic (exact) mass is 280 g/mol. The van der Waals surface area contributed by atoms with Crippen LogP contribution in [0.5, 0.6) is 0 Å². The molecular weight excluding hydrogens is 269 g/mol. The Labute approximate surface area is 113 Å². The number of urea groups is 1. The van der Waals surface area contributed by atoms with Crippen LogP contribution >= 0.6 is 0 Å². The Balaban J connectivity index is 2.09. The number of hydrogen-bond acceptors (Lipinski definition) is 1. The lowest BCUT2D eigenvalue weighted by molar-refractivity contribution is 0.262. The highest BCUT2D eigenvalue weighted by molar-refractivity contribution is 5.99. The number of hydrogen-bond donors (Lipinski definition) is 2. The van der Waals surface area contributed by atoms with E-state index in [0.29, 0.717) is 11.6 Å². The molecule has 0 saturated carbocycles. The van der Waals surface area contributed by atoms with Gasteiger partial charge in [0.25, 0.3) is 0 Å². The summed E-state index contributed by atoms with van der Waals surface area (Å²) in [5.74, 6) is -2.26. The van der Waals surface area contributed by atoms with Crippen LogP contribution in [0.4, 0.5) is 29.3 Å². The Bertz CT molecular complexity index is 603. The van der Waals surface area contributed by atoms with Crippen LogP contribution in [-0.2, 0) is 0 Å². The van der Waals surface area contributed by atoms with Crippen LogP contribution in [0, 0.1) is 24.4 Å². The molecular formula is C14H11F3N2O. The molecule has 2 N–H and O–H groups in total. The Hall–Kier alpha value is -2.50. The van der Waals surface area contributed by atoms with E-state index in [0.717, 1.165) is 12.1 Å². The molecule has 0 fully saturated rings. The molecule has 104 valence electrons. The summed E-state index contributed by atoms with van der Waals surface area (Å²) in [6.45, 7) is 1.71. The molecule has 2 rings (SSSR count). The standard InChI is InChI=1S/C14H11F3N2O/c1-8-2-4-12(10(16)6-8)18-14(20)19-13-5-3-9(15)7-11(13)17/h2-7H,1H3,(H2,18,19,20). The average Bonchev–Trinajstić information content (AvgIpc) is 2.36. The first-order chi connectivity index (χ1) is 9.45. The van der Waals surface area contributed by atoms with Crippen molar-refractivity contribution in [2.75, 3.05) is 10.6 Å². The Kier molecular flexibility index (Phi) is 3.93. The van der Waals surface area contributed by atoms with E-state index in [1.807, 2.05) is 0 Å². The van der Waals surface area contributed by atoms with Crippen molar-refractivity contribution in [3.05, 3.63) is 59.4 Å². The highest BCUT2D eigenvalue weighted by Gasteiger charge is 2.10. The fourth-order valence-corrected chi connectivity index (χ4v) is 1.59. The summed E-state index contributed by atoms with van der Waals surface area (Å²) in [4.78, 5) is 11.6. The van der Waals surface area contributed by atoms with Gasteiger partial charge in [-0.15, -0.1) is 0 Å². The minimum Gasteiger partial charge on any atom is -0.305 e. The van der Waals surface area contributed by atoms with Gasteiger partial charge in [-0.2, -0.15) is 0 Å². The Morgan fingerprint density at radius 1 is 0.900 bits per heavy atom. The molecule has 2 aromatic rings. The molecule has 0 spiro atoms. The van der Waals surface area contributed by atoms with Crippen molar-refractivity contribution in [2.45, 2.75) is 6.92 Å². The van der Waals surface area contributed by atoms with Gasteiger partial charge in [0.2, 0.25) is 0 Å². The predicted octanol–water partition coefficient (Wildman–Crippen LogP) is 4.06. The quantitative estimate of drug-likeness (QED) is 0.855. The van der Waals surface area contributed by atoms with Crippen molar-refractivity contribution in [3.63, 3.8) is 0 Å². The zero-order valence-electron chi connectivity index (χ0n) is 10.5. The van der Waals surface area contributed by atoms with E-state index in [4.69, 9.17) is 0 Å². The van der Waals surface area contributed by atoms with E-state index in [-0.39, 0.29) is 11.4 Å². The molecule has 0 aliphatic rings. The average molecular weight is 280 g/mol. The highest BCUT2D eigenvalue weighted by atomic mass is 19.1. The van der Waals surface area contributed by atoms with Crippen LogP contribution in [-0.4, -0.2) is 6.03 Å². The van der Waals surface area contributed by atoms with E-state index in [1.165, 1.54) is 12.1 Å². The first-order valence-electron chi connectivity index (χ1n) is 5.75. The zero-order chi connectivity index (χ0) is 14.7. The first-order valence-corrected chi connectivity index (χ1v) is 5.75. The van der Waals surface area contributed by atoms with Gasteiger partial charge in [-0.05, 0) is 36.8 Å². The molecule has 0 heterocycles. The van der Waals surface area contributed by atoms with Gasteiger partial charge in [0, 0.05) is 6.07 Å². The molecule has 0 unspecified atom stereocenters. The predicted molar refractivity (Wildman–Crippen MR) is 70.1 cm³/mol. The lowest BCUT2D eigenvalue weighted by Gasteiger charge is -2.09. The van der Waals surface area contributed by atoms with Crippen LogP contribution in [0.2, 0.25) is 0 Å². The second-order valence-corrected chi connectivity index (χ2v) is 4.19. The van der Waals surface area contributed by atoms with Gasteiger partial charge in [0.05, 0.1) is 11.4 Å². The first kappa shape index (κ1) is 13.9. The fourth-order valence-electron chi connectivity index (χ4n) is 1.59. The molecule has 0 bridgehead atoms. The molecule has 2 amide bonds. The summed E-state index contributed by atoms with van der Waals surface area (Å²) in [5, 5.41) is 4.41. The summed E-state index contributed by atoms with van der Waals surface area (Å²) < 4.78 is 39.5. The van der Waals surface area contributed by atoms with Crippen LogP contribution in [0.25, 0.3) is 0 Å². The number of anilines is 2. The molecule has 0 aromatic heterocycles. The number of aryl methyl sites for hydroxylation is 1. The van der Waals surface area contributed by atoms with Crippen molar-refractivity contribution < 1.29 is 18.0 Å². The molecule has 0 aliphatic heterocycles. The minimum atomic E-state index is -0.912. The molecule has 0 saturated heterocycles. The molecule has 2 aromatic carbocycles. The maximum atomic E-state index is 13.5. The summed E-state index contributed by atoms with van der Waals surface area (Å²) in [7, 11) is 0.